The van der Waals surface area contributed by atoms with E-state index in [9.17, 15) is 5.11 Å². The summed E-state index contributed by atoms with van der Waals surface area (Å²) in [7, 11) is 2.16. The van der Waals surface area contributed by atoms with Crippen molar-refractivity contribution < 1.29 is 5.11 Å². The Morgan fingerprint density at radius 2 is 1.90 bits per heavy atom. The highest BCUT2D eigenvalue weighted by atomic mass is 16.3. The summed E-state index contributed by atoms with van der Waals surface area (Å²) in [5.74, 6) is 0.394. The van der Waals surface area contributed by atoms with Gasteiger partial charge in [0.2, 0.25) is 0 Å². The molecule has 1 aliphatic heterocycles. The number of hydrogen-bond acceptors (Lipinski definition) is 3. The van der Waals surface area contributed by atoms with Crippen LogP contribution < -0.4 is 9.80 Å². The third-order valence-corrected chi connectivity index (χ3v) is 5.27. The number of likely N-dealkylation sites (N-methyl/N-ethyl adjacent to an activating group) is 1. The maximum atomic E-state index is 10.4. The number of rotatable bonds is 2. The first-order valence-corrected chi connectivity index (χ1v) is 8.19. The summed E-state index contributed by atoms with van der Waals surface area (Å²) in [6.07, 6.45) is 3.09. The molecule has 1 fully saturated rings. The number of hydrogen-bond donors (Lipinski definition) is 1. The van der Waals surface area contributed by atoms with E-state index < -0.39 is 0 Å². The maximum absolute atomic E-state index is 10.4. The number of aliphatic hydroxyl groups is 1. The normalized spacial score (nSPS) is 28.4. The topological polar surface area (TPSA) is 26.7 Å². The molecule has 0 saturated heterocycles. The Balaban J connectivity index is 1.78. The number of nitrogens with zero attached hydrogens (tertiary/aromatic N) is 2. The highest BCUT2D eigenvalue weighted by molar-refractivity contribution is 5.73. The van der Waals surface area contributed by atoms with Crippen LogP contribution in [-0.4, -0.2) is 37.9 Å². The fourth-order valence-corrected chi connectivity index (χ4v) is 3.95. The zero-order chi connectivity index (χ0) is 15.0. The minimum Gasteiger partial charge on any atom is -0.393 e. The van der Waals surface area contributed by atoms with Gasteiger partial charge in [-0.3, -0.25) is 0 Å². The third kappa shape index (κ3) is 3.03. The predicted octanol–water partition coefficient (Wildman–Crippen LogP) is 3.13. The minimum atomic E-state index is -0.134. The van der Waals surface area contributed by atoms with E-state index in [1.165, 1.54) is 11.4 Å². The van der Waals surface area contributed by atoms with E-state index in [-0.39, 0.29) is 6.10 Å². The second-order valence-corrected chi connectivity index (χ2v) is 7.59. The number of para-hydroxylation sites is 2. The molecule has 1 aromatic rings. The molecule has 0 radical (unpaired) electrons. The van der Waals surface area contributed by atoms with E-state index in [1.54, 1.807) is 0 Å². The van der Waals surface area contributed by atoms with Crippen LogP contribution in [-0.2, 0) is 0 Å². The van der Waals surface area contributed by atoms with Crippen molar-refractivity contribution >= 4 is 11.4 Å². The SMILES string of the molecule is CN1CCN(CC2CC(C)(C)CCC2O)c2ccccc21. The summed E-state index contributed by atoms with van der Waals surface area (Å²) in [5, 5.41) is 10.4. The second-order valence-electron chi connectivity index (χ2n) is 7.59. The average molecular weight is 288 g/mol. The highest BCUT2D eigenvalue weighted by Gasteiger charge is 2.35. The Bertz CT molecular complexity index is 500. The smallest absolute Gasteiger partial charge is 0.0604 e. The Morgan fingerprint density at radius 3 is 2.67 bits per heavy atom. The Hall–Kier alpha value is -1.22. The van der Waals surface area contributed by atoms with Gasteiger partial charge in [0.1, 0.15) is 0 Å². The molecule has 1 saturated carbocycles. The zero-order valence-electron chi connectivity index (χ0n) is 13.5. The summed E-state index contributed by atoms with van der Waals surface area (Å²) < 4.78 is 0. The number of fused-ring (bicyclic) bond motifs is 1. The van der Waals surface area contributed by atoms with Crippen LogP contribution in [0.4, 0.5) is 11.4 Å². The van der Waals surface area contributed by atoms with E-state index in [4.69, 9.17) is 0 Å². The Labute approximate surface area is 128 Å². The van der Waals surface area contributed by atoms with Crippen LogP contribution in [0.25, 0.3) is 0 Å². The standard InChI is InChI=1S/C18H28N2O/c1-18(2)9-8-17(21)14(12-18)13-20-11-10-19(3)15-6-4-5-7-16(15)20/h4-7,14,17,21H,8-13H2,1-3H3. The monoisotopic (exact) mass is 288 g/mol. The van der Waals surface area contributed by atoms with Crippen molar-refractivity contribution in [2.24, 2.45) is 11.3 Å². The van der Waals surface area contributed by atoms with Crippen LogP contribution in [0, 0.1) is 11.3 Å². The molecule has 0 amide bonds. The average Bonchev–Trinajstić information content (AvgIpc) is 2.46. The lowest BCUT2D eigenvalue weighted by molar-refractivity contribution is 0.0249. The number of benzene rings is 1. The quantitative estimate of drug-likeness (QED) is 0.905. The van der Waals surface area contributed by atoms with Crippen LogP contribution in [0.15, 0.2) is 24.3 Å². The lowest BCUT2D eigenvalue weighted by Crippen LogP contribution is -2.45. The van der Waals surface area contributed by atoms with Crippen molar-refractivity contribution in [3.05, 3.63) is 24.3 Å². The van der Waals surface area contributed by atoms with Gasteiger partial charge in [0, 0.05) is 32.6 Å². The van der Waals surface area contributed by atoms with Crippen LogP contribution >= 0.6 is 0 Å². The van der Waals surface area contributed by atoms with Crippen molar-refractivity contribution in [2.45, 2.75) is 39.2 Å². The molecule has 0 spiro atoms. The largest absolute Gasteiger partial charge is 0.393 e. The van der Waals surface area contributed by atoms with Gasteiger partial charge >= 0.3 is 0 Å². The summed E-state index contributed by atoms with van der Waals surface area (Å²) in [6, 6.07) is 8.64. The zero-order valence-corrected chi connectivity index (χ0v) is 13.5. The summed E-state index contributed by atoms with van der Waals surface area (Å²) in [4.78, 5) is 4.80. The van der Waals surface area contributed by atoms with E-state index in [1.807, 2.05) is 0 Å². The van der Waals surface area contributed by atoms with Crippen molar-refractivity contribution in [1.29, 1.82) is 0 Å². The first-order chi connectivity index (χ1) is 9.96. The van der Waals surface area contributed by atoms with Gasteiger partial charge < -0.3 is 14.9 Å². The van der Waals surface area contributed by atoms with Gasteiger partial charge in [-0.2, -0.15) is 0 Å². The minimum absolute atomic E-state index is 0.134. The molecule has 116 valence electrons. The molecular formula is C18H28N2O. The van der Waals surface area contributed by atoms with Crippen LogP contribution in [0.3, 0.4) is 0 Å². The lowest BCUT2D eigenvalue weighted by Gasteiger charge is -2.43. The van der Waals surface area contributed by atoms with Gasteiger partial charge in [-0.25, -0.2) is 0 Å². The molecule has 1 aromatic carbocycles. The molecule has 1 heterocycles. The molecule has 3 nitrogen and oxygen atoms in total. The van der Waals surface area contributed by atoms with Gasteiger partial charge in [0.25, 0.3) is 0 Å². The fraction of sp³-hybridized carbons (Fsp3) is 0.667. The van der Waals surface area contributed by atoms with Crippen molar-refractivity contribution in [3.8, 4) is 0 Å². The number of aliphatic hydroxyl groups excluding tert-OH is 1. The first-order valence-electron chi connectivity index (χ1n) is 8.19. The van der Waals surface area contributed by atoms with Crippen molar-refractivity contribution in [3.63, 3.8) is 0 Å². The van der Waals surface area contributed by atoms with E-state index in [0.29, 0.717) is 11.3 Å². The van der Waals surface area contributed by atoms with Gasteiger partial charge in [-0.1, -0.05) is 26.0 Å². The van der Waals surface area contributed by atoms with Crippen LogP contribution in [0.5, 0.6) is 0 Å². The van der Waals surface area contributed by atoms with Gasteiger partial charge in [-0.05, 0) is 36.8 Å². The van der Waals surface area contributed by atoms with Crippen molar-refractivity contribution in [1.82, 2.24) is 0 Å². The van der Waals surface area contributed by atoms with E-state index in [0.717, 1.165) is 38.9 Å². The summed E-state index contributed by atoms with van der Waals surface area (Å²) >= 11 is 0. The summed E-state index contributed by atoms with van der Waals surface area (Å²) in [5.41, 5.74) is 3.01. The fourth-order valence-electron chi connectivity index (χ4n) is 3.95. The molecular weight excluding hydrogens is 260 g/mol. The van der Waals surface area contributed by atoms with Crippen LogP contribution in [0.2, 0.25) is 0 Å². The Kier molecular flexibility index (Phi) is 3.87. The number of anilines is 2. The van der Waals surface area contributed by atoms with Gasteiger partial charge in [0.15, 0.2) is 0 Å². The first kappa shape index (κ1) is 14.7. The molecule has 21 heavy (non-hydrogen) atoms. The summed E-state index contributed by atoms with van der Waals surface area (Å²) in [6.45, 7) is 7.77. The Morgan fingerprint density at radius 1 is 1.19 bits per heavy atom. The van der Waals surface area contributed by atoms with Gasteiger partial charge in [-0.15, -0.1) is 0 Å². The molecule has 2 aliphatic rings. The molecule has 0 aromatic heterocycles. The molecule has 3 heteroatoms. The molecule has 3 rings (SSSR count). The molecule has 2 atom stereocenters. The molecule has 1 aliphatic carbocycles. The van der Waals surface area contributed by atoms with Crippen LogP contribution in [0.1, 0.15) is 33.1 Å². The van der Waals surface area contributed by atoms with Gasteiger partial charge in [0.05, 0.1) is 17.5 Å². The molecule has 1 N–H and O–H groups in total. The third-order valence-electron chi connectivity index (χ3n) is 5.27. The predicted molar refractivity (Wildman–Crippen MR) is 89.1 cm³/mol. The van der Waals surface area contributed by atoms with E-state index in [2.05, 4.69) is 55.0 Å². The van der Waals surface area contributed by atoms with Crippen molar-refractivity contribution in [2.75, 3.05) is 36.5 Å². The van der Waals surface area contributed by atoms with E-state index >= 15 is 0 Å². The molecule has 0 bridgehead atoms. The second kappa shape index (κ2) is 5.53. The maximum Gasteiger partial charge on any atom is 0.0604 e. The highest BCUT2D eigenvalue weighted by Crippen LogP contribution is 2.40. The lowest BCUT2D eigenvalue weighted by atomic mass is 9.70. The molecule has 2 unspecified atom stereocenters.